The molecule has 0 bridgehead atoms. The molecule has 0 amide bonds. The first kappa shape index (κ1) is 5.65. The average molecular weight is 106 g/mol. The minimum atomic E-state index is -0.898. The summed E-state index contributed by atoms with van der Waals surface area (Å²) in [6.45, 7) is -0.147. The highest BCUT2D eigenvalue weighted by Crippen LogP contribution is 1.60. The third-order valence-corrected chi connectivity index (χ3v) is 0.556. The number of rotatable bonds is 2. The Kier molecular flexibility index (Phi) is 2.69. The molecule has 0 saturated heterocycles. The molecule has 0 heterocycles. The molecular formula is C2H6O3Si. The summed E-state index contributed by atoms with van der Waals surface area (Å²) in [6.07, 6.45) is 0. The summed E-state index contributed by atoms with van der Waals surface area (Å²) >= 11 is 0. The van der Waals surface area contributed by atoms with Crippen LogP contribution in [0.15, 0.2) is 0 Å². The smallest absolute Gasteiger partial charge is 0.328 e. The van der Waals surface area contributed by atoms with E-state index in [2.05, 4.69) is 4.43 Å². The first-order valence-corrected chi connectivity index (χ1v) is 2.29. The van der Waals surface area contributed by atoms with Crippen molar-refractivity contribution in [3.05, 3.63) is 0 Å². The van der Waals surface area contributed by atoms with Crippen LogP contribution in [0.1, 0.15) is 0 Å². The lowest BCUT2D eigenvalue weighted by Gasteiger charge is -1.84. The fraction of sp³-hybridized carbons (Fsp3) is 0.500. The Balaban J connectivity index is 2.83. The Bertz CT molecular complexity index is 52.8. The van der Waals surface area contributed by atoms with Crippen LogP contribution in [-0.4, -0.2) is 28.2 Å². The SMILES string of the molecule is O=C(O)CO[SiH3]. The quantitative estimate of drug-likeness (QED) is 0.430. The zero-order valence-electron chi connectivity index (χ0n) is 3.47. The van der Waals surface area contributed by atoms with Crippen molar-refractivity contribution in [3.8, 4) is 0 Å². The predicted molar refractivity (Wildman–Crippen MR) is 23.5 cm³/mol. The van der Waals surface area contributed by atoms with E-state index in [1.54, 1.807) is 0 Å². The van der Waals surface area contributed by atoms with Gasteiger partial charge in [0.2, 0.25) is 0 Å². The van der Waals surface area contributed by atoms with Crippen LogP contribution in [0.3, 0.4) is 0 Å². The number of carboxylic acid groups (broad SMARTS) is 1. The van der Waals surface area contributed by atoms with E-state index in [4.69, 9.17) is 5.11 Å². The molecule has 0 unspecified atom stereocenters. The van der Waals surface area contributed by atoms with Gasteiger partial charge in [-0.15, -0.1) is 0 Å². The molecule has 0 aliphatic carbocycles. The largest absolute Gasteiger partial charge is 0.480 e. The van der Waals surface area contributed by atoms with Crippen LogP contribution in [0.5, 0.6) is 0 Å². The summed E-state index contributed by atoms with van der Waals surface area (Å²) in [5.41, 5.74) is 0. The van der Waals surface area contributed by atoms with Gasteiger partial charge in [0.05, 0.1) is 0 Å². The monoisotopic (exact) mass is 106 g/mol. The average Bonchev–Trinajstić information content (AvgIpc) is 1.35. The van der Waals surface area contributed by atoms with Crippen molar-refractivity contribution in [1.82, 2.24) is 0 Å². The maximum absolute atomic E-state index is 9.50. The number of hydrogen-bond donors (Lipinski definition) is 1. The summed E-state index contributed by atoms with van der Waals surface area (Å²) in [6, 6.07) is 0. The fourth-order valence-electron chi connectivity index (χ4n) is 0.123. The van der Waals surface area contributed by atoms with Crippen molar-refractivity contribution in [3.63, 3.8) is 0 Å². The number of carboxylic acids is 1. The predicted octanol–water partition coefficient (Wildman–Crippen LogP) is -1.63. The molecule has 0 rings (SSSR count). The standard InChI is InChI=1S/C2H6O3Si/c3-2(4)1-5-6/h1H2,6H3,(H,3,4). The van der Waals surface area contributed by atoms with Gasteiger partial charge in [-0.25, -0.2) is 4.79 Å². The third-order valence-electron chi connectivity index (χ3n) is 0.268. The Morgan fingerprint density at radius 1 is 2.00 bits per heavy atom. The van der Waals surface area contributed by atoms with Crippen molar-refractivity contribution in [2.75, 3.05) is 6.61 Å². The summed E-state index contributed by atoms with van der Waals surface area (Å²) in [7, 11) is 0.506. The first-order chi connectivity index (χ1) is 2.77. The molecule has 36 valence electrons. The van der Waals surface area contributed by atoms with Gasteiger partial charge in [-0.3, -0.25) is 0 Å². The maximum atomic E-state index is 9.50. The molecule has 0 atom stereocenters. The molecule has 0 saturated carbocycles. The highest BCUT2D eigenvalue weighted by molar-refractivity contribution is 5.98. The molecule has 4 heteroatoms. The van der Waals surface area contributed by atoms with Gasteiger partial charge in [0, 0.05) is 0 Å². The number of aliphatic carboxylic acids is 1. The molecule has 0 aliphatic rings. The molecule has 6 heavy (non-hydrogen) atoms. The second-order valence-corrected chi connectivity index (χ2v) is 1.40. The Labute approximate surface area is 38.5 Å². The zero-order chi connectivity index (χ0) is 4.99. The van der Waals surface area contributed by atoms with Crippen LogP contribution >= 0.6 is 0 Å². The van der Waals surface area contributed by atoms with Crippen LogP contribution in [-0.2, 0) is 9.22 Å². The van der Waals surface area contributed by atoms with E-state index in [0.717, 1.165) is 0 Å². The fourth-order valence-corrected chi connectivity index (χ4v) is 0.370. The molecule has 0 spiro atoms. The van der Waals surface area contributed by atoms with E-state index in [9.17, 15) is 4.79 Å². The molecule has 1 N–H and O–H groups in total. The Hall–Kier alpha value is -0.353. The van der Waals surface area contributed by atoms with Gasteiger partial charge < -0.3 is 9.53 Å². The van der Waals surface area contributed by atoms with E-state index in [0.29, 0.717) is 10.5 Å². The Morgan fingerprint density at radius 2 is 2.50 bits per heavy atom. The normalized spacial score (nSPS) is 8.67. The van der Waals surface area contributed by atoms with E-state index in [-0.39, 0.29) is 6.61 Å². The minimum Gasteiger partial charge on any atom is -0.480 e. The lowest BCUT2D eigenvalue weighted by atomic mass is 10.8. The minimum absolute atomic E-state index is 0.147. The molecule has 0 aromatic carbocycles. The second-order valence-electron chi connectivity index (χ2n) is 0.827. The van der Waals surface area contributed by atoms with Gasteiger partial charge in [0.25, 0.3) is 0 Å². The van der Waals surface area contributed by atoms with Gasteiger partial charge in [0.15, 0.2) is 0 Å². The molecule has 0 aliphatic heterocycles. The van der Waals surface area contributed by atoms with E-state index >= 15 is 0 Å². The van der Waals surface area contributed by atoms with Crippen LogP contribution in [0.4, 0.5) is 0 Å². The highest BCUT2D eigenvalue weighted by Gasteiger charge is 1.87. The molecule has 0 fully saturated rings. The van der Waals surface area contributed by atoms with Crippen LogP contribution in [0.2, 0.25) is 0 Å². The topological polar surface area (TPSA) is 46.5 Å². The summed E-state index contributed by atoms with van der Waals surface area (Å²) in [5.74, 6) is -0.898. The van der Waals surface area contributed by atoms with E-state index < -0.39 is 5.97 Å². The van der Waals surface area contributed by atoms with Crippen LogP contribution in [0, 0.1) is 0 Å². The van der Waals surface area contributed by atoms with Crippen molar-refractivity contribution in [2.45, 2.75) is 0 Å². The highest BCUT2D eigenvalue weighted by atomic mass is 28.2. The van der Waals surface area contributed by atoms with Crippen molar-refractivity contribution >= 4 is 16.5 Å². The second kappa shape index (κ2) is 2.86. The molecule has 0 aromatic rings. The zero-order valence-corrected chi connectivity index (χ0v) is 5.47. The van der Waals surface area contributed by atoms with Gasteiger partial charge in [0.1, 0.15) is 17.1 Å². The van der Waals surface area contributed by atoms with Gasteiger partial charge in [-0.1, -0.05) is 0 Å². The molecule has 0 aromatic heterocycles. The van der Waals surface area contributed by atoms with Gasteiger partial charge >= 0.3 is 5.97 Å². The summed E-state index contributed by atoms with van der Waals surface area (Å²) in [4.78, 5) is 9.50. The van der Waals surface area contributed by atoms with Gasteiger partial charge in [-0.2, -0.15) is 0 Å². The molecular weight excluding hydrogens is 100 g/mol. The molecule has 3 nitrogen and oxygen atoms in total. The van der Waals surface area contributed by atoms with Crippen molar-refractivity contribution < 1.29 is 14.3 Å². The van der Waals surface area contributed by atoms with E-state index in [1.807, 2.05) is 0 Å². The first-order valence-electron chi connectivity index (χ1n) is 1.48. The summed E-state index contributed by atoms with van der Waals surface area (Å²) < 4.78 is 4.34. The van der Waals surface area contributed by atoms with Crippen LogP contribution < -0.4 is 0 Å². The van der Waals surface area contributed by atoms with Crippen molar-refractivity contribution in [2.24, 2.45) is 0 Å². The van der Waals surface area contributed by atoms with E-state index in [1.165, 1.54) is 0 Å². The van der Waals surface area contributed by atoms with Gasteiger partial charge in [-0.05, 0) is 0 Å². The lowest BCUT2D eigenvalue weighted by Crippen LogP contribution is -2.03. The Morgan fingerprint density at radius 3 is 2.50 bits per heavy atom. The lowest BCUT2D eigenvalue weighted by molar-refractivity contribution is -0.139. The van der Waals surface area contributed by atoms with Crippen LogP contribution in [0.25, 0.3) is 0 Å². The summed E-state index contributed by atoms with van der Waals surface area (Å²) in [5, 5.41) is 7.81. The third kappa shape index (κ3) is 3.65. The number of carbonyl (C=O) groups is 1. The number of hydrogen-bond acceptors (Lipinski definition) is 2. The van der Waals surface area contributed by atoms with Crippen molar-refractivity contribution in [1.29, 1.82) is 0 Å². The molecule has 0 radical (unpaired) electrons. The maximum Gasteiger partial charge on any atom is 0.328 e.